The van der Waals surface area contributed by atoms with Crippen molar-refractivity contribution in [3.63, 3.8) is 0 Å². The molecule has 0 radical (unpaired) electrons. The minimum absolute atomic E-state index is 0.0508. The van der Waals surface area contributed by atoms with E-state index in [-0.39, 0.29) is 18.0 Å². The Bertz CT molecular complexity index is 1040. The first-order valence-electron chi connectivity index (χ1n) is 7.36. The van der Waals surface area contributed by atoms with Gasteiger partial charge in [0.05, 0.1) is 6.33 Å². The Balaban J connectivity index is 1.93. The van der Waals surface area contributed by atoms with E-state index < -0.39 is 11.2 Å². The van der Waals surface area contributed by atoms with Crippen molar-refractivity contribution in [2.75, 3.05) is 5.32 Å². The molecule has 8 nitrogen and oxygen atoms in total. The third-order valence-corrected chi connectivity index (χ3v) is 3.86. The van der Waals surface area contributed by atoms with Crippen LogP contribution in [0.25, 0.3) is 11.2 Å². The fourth-order valence-electron chi connectivity index (χ4n) is 2.55. The highest BCUT2D eigenvalue weighted by Gasteiger charge is 2.15. The van der Waals surface area contributed by atoms with Gasteiger partial charge in [0.25, 0.3) is 5.56 Å². The standard InChI is InChI=1S/C16H17N5O3/c1-10-4-6-11(7-5-10)18-12(22)8-21-9-17-13-14(21)19(2)16(24)20(3)15(13)23/h4-7,9H,8H2,1-3H3,(H,18,22). The molecule has 8 heteroatoms. The van der Waals surface area contributed by atoms with Crippen LogP contribution >= 0.6 is 0 Å². The van der Waals surface area contributed by atoms with E-state index in [0.29, 0.717) is 11.3 Å². The molecular weight excluding hydrogens is 310 g/mol. The number of hydrogen-bond acceptors (Lipinski definition) is 4. The Labute approximate surface area is 137 Å². The van der Waals surface area contributed by atoms with Crippen LogP contribution in [0.2, 0.25) is 0 Å². The Morgan fingerprint density at radius 1 is 1.12 bits per heavy atom. The molecule has 0 bridgehead atoms. The molecular formula is C16H17N5O3. The molecule has 0 saturated heterocycles. The fraction of sp³-hybridized carbons (Fsp3) is 0.250. The van der Waals surface area contributed by atoms with Crippen LogP contribution in [0.3, 0.4) is 0 Å². The van der Waals surface area contributed by atoms with Crippen LogP contribution in [0.5, 0.6) is 0 Å². The van der Waals surface area contributed by atoms with Gasteiger partial charge in [-0.1, -0.05) is 17.7 Å². The van der Waals surface area contributed by atoms with Gasteiger partial charge in [0.1, 0.15) is 12.2 Å². The van der Waals surface area contributed by atoms with Gasteiger partial charge in [-0.05, 0) is 19.1 Å². The number of fused-ring (bicyclic) bond motifs is 1. The zero-order valence-electron chi connectivity index (χ0n) is 13.6. The lowest BCUT2D eigenvalue weighted by Crippen LogP contribution is -2.37. The van der Waals surface area contributed by atoms with Crippen molar-refractivity contribution in [2.45, 2.75) is 13.5 Å². The van der Waals surface area contributed by atoms with Crippen molar-refractivity contribution >= 4 is 22.8 Å². The van der Waals surface area contributed by atoms with Crippen LogP contribution in [-0.2, 0) is 25.4 Å². The maximum Gasteiger partial charge on any atom is 0.332 e. The molecule has 124 valence electrons. The van der Waals surface area contributed by atoms with Crippen LogP contribution in [0.1, 0.15) is 5.56 Å². The van der Waals surface area contributed by atoms with E-state index in [2.05, 4.69) is 10.3 Å². The Morgan fingerprint density at radius 3 is 2.46 bits per heavy atom. The number of carbonyl (C=O) groups is 1. The van der Waals surface area contributed by atoms with Crippen LogP contribution in [-0.4, -0.2) is 24.6 Å². The molecule has 1 aromatic carbocycles. The summed E-state index contributed by atoms with van der Waals surface area (Å²) in [5.74, 6) is -0.272. The quantitative estimate of drug-likeness (QED) is 0.753. The first-order valence-corrected chi connectivity index (χ1v) is 7.36. The molecule has 1 amide bonds. The third kappa shape index (κ3) is 2.62. The van der Waals surface area contributed by atoms with E-state index in [0.717, 1.165) is 10.1 Å². The lowest BCUT2D eigenvalue weighted by molar-refractivity contribution is -0.116. The highest BCUT2D eigenvalue weighted by molar-refractivity contribution is 5.91. The number of nitrogens with zero attached hydrogens (tertiary/aromatic N) is 4. The predicted octanol–water partition coefficient (Wildman–Crippen LogP) is 0.381. The predicted molar refractivity (Wildman–Crippen MR) is 90.0 cm³/mol. The molecule has 0 fully saturated rings. The SMILES string of the molecule is Cc1ccc(NC(=O)Cn2cnc3c(=O)n(C)c(=O)n(C)c32)cc1. The summed E-state index contributed by atoms with van der Waals surface area (Å²) in [4.78, 5) is 40.4. The van der Waals surface area contributed by atoms with Crippen molar-refractivity contribution in [3.8, 4) is 0 Å². The number of amides is 1. The van der Waals surface area contributed by atoms with E-state index in [4.69, 9.17) is 0 Å². The van der Waals surface area contributed by atoms with E-state index >= 15 is 0 Å². The summed E-state index contributed by atoms with van der Waals surface area (Å²) >= 11 is 0. The lowest BCUT2D eigenvalue weighted by atomic mass is 10.2. The molecule has 2 aromatic heterocycles. The molecule has 3 rings (SSSR count). The van der Waals surface area contributed by atoms with Crippen LogP contribution in [0.4, 0.5) is 5.69 Å². The van der Waals surface area contributed by atoms with Crippen molar-refractivity contribution in [1.29, 1.82) is 0 Å². The highest BCUT2D eigenvalue weighted by Crippen LogP contribution is 2.10. The Morgan fingerprint density at radius 2 is 1.79 bits per heavy atom. The third-order valence-electron chi connectivity index (χ3n) is 3.86. The first kappa shape index (κ1) is 15.7. The largest absolute Gasteiger partial charge is 0.332 e. The van der Waals surface area contributed by atoms with Crippen LogP contribution in [0.15, 0.2) is 40.2 Å². The second-order valence-electron chi connectivity index (χ2n) is 5.66. The van der Waals surface area contributed by atoms with Gasteiger partial charge in [-0.2, -0.15) is 0 Å². The summed E-state index contributed by atoms with van der Waals surface area (Å²) in [5.41, 5.74) is 1.31. The normalized spacial score (nSPS) is 11.0. The van der Waals surface area contributed by atoms with Gasteiger partial charge in [-0.3, -0.25) is 18.7 Å². The average molecular weight is 327 g/mol. The number of aryl methyl sites for hydroxylation is 2. The zero-order valence-corrected chi connectivity index (χ0v) is 13.6. The molecule has 0 aliphatic rings. The number of rotatable bonds is 3. The van der Waals surface area contributed by atoms with E-state index in [1.54, 1.807) is 7.05 Å². The fourth-order valence-corrected chi connectivity index (χ4v) is 2.55. The maximum atomic E-state index is 12.2. The van der Waals surface area contributed by atoms with E-state index in [1.807, 2.05) is 31.2 Å². The van der Waals surface area contributed by atoms with Crippen molar-refractivity contribution in [3.05, 3.63) is 57.0 Å². The molecule has 3 aromatic rings. The molecule has 0 aliphatic heterocycles. The summed E-state index contributed by atoms with van der Waals surface area (Å²) in [6, 6.07) is 7.42. The van der Waals surface area contributed by atoms with Crippen molar-refractivity contribution in [2.24, 2.45) is 14.1 Å². The second-order valence-corrected chi connectivity index (χ2v) is 5.66. The summed E-state index contributed by atoms with van der Waals surface area (Å²) in [7, 11) is 2.94. The lowest BCUT2D eigenvalue weighted by Gasteiger charge is -2.09. The molecule has 0 aliphatic carbocycles. The average Bonchev–Trinajstić information content (AvgIpc) is 2.96. The smallest absolute Gasteiger partial charge is 0.325 e. The maximum absolute atomic E-state index is 12.2. The summed E-state index contributed by atoms with van der Waals surface area (Å²) in [6.07, 6.45) is 1.39. The Kier molecular flexibility index (Phi) is 3.80. The Hall–Kier alpha value is -3.16. The monoisotopic (exact) mass is 327 g/mol. The molecule has 24 heavy (non-hydrogen) atoms. The van der Waals surface area contributed by atoms with Crippen molar-refractivity contribution < 1.29 is 4.79 Å². The number of aromatic nitrogens is 4. The summed E-state index contributed by atoms with van der Waals surface area (Å²) in [5, 5.41) is 2.77. The van der Waals surface area contributed by atoms with Crippen molar-refractivity contribution in [1.82, 2.24) is 18.7 Å². The minimum atomic E-state index is -0.481. The van der Waals surface area contributed by atoms with Gasteiger partial charge in [0.15, 0.2) is 5.52 Å². The molecule has 0 spiro atoms. The highest BCUT2D eigenvalue weighted by atomic mass is 16.2. The second kappa shape index (κ2) is 5.80. The van der Waals surface area contributed by atoms with Gasteiger partial charge in [0.2, 0.25) is 5.91 Å². The molecule has 0 atom stereocenters. The van der Waals surface area contributed by atoms with Crippen LogP contribution in [0, 0.1) is 6.92 Å². The molecule has 2 heterocycles. The zero-order chi connectivity index (χ0) is 17.4. The number of imidazole rings is 1. The minimum Gasteiger partial charge on any atom is -0.325 e. The number of nitrogens with one attached hydrogen (secondary N) is 1. The van der Waals surface area contributed by atoms with E-state index in [1.165, 1.54) is 22.5 Å². The first-order chi connectivity index (χ1) is 11.4. The number of benzene rings is 1. The molecule has 0 saturated carbocycles. The van der Waals surface area contributed by atoms with Gasteiger partial charge < -0.3 is 9.88 Å². The van der Waals surface area contributed by atoms with Gasteiger partial charge in [-0.25, -0.2) is 9.78 Å². The van der Waals surface area contributed by atoms with Crippen LogP contribution < -0.4 is 16.6 Å². The molecule has 0 unspecified atom stereocenters. The number of carbonyl (C=O) groups excluding carboxylic acids is 1. The number of anilines is 1. The van der Waals surface area contributed by atoms with E-state index in [9.17, 15) is 14.4 Å². The molecule has 1 N–H and O–H groups in total. The number of hydrogen-bond donors (Lipinski definition) is 1. The summed E-state index contributed by atoms with van der Waals surface area (Å²) < 4.78 is 3.79. The van der Waals surface area contributed by atoms with Gasteiger partial charge in [0, 0.05) is 19.8 Å². The topological polar surface area (TPSA) is 90.9 Å². The summed E-state index contributed by atoms with van der Waals surface area (Å²) in [6.45, 7) is 1.91. The van der Waals surface area contributed by atoms with Gasteiger partial charge >= 0.3 is 5.69 Å². The van der Waals surface area contributed by atoms with Gasteiger partial charge in [-0.15, -0.1) is 0 Å².